The Bertz CT molecular complexity index is 887. The van der Waals surface area contributed by atoms with Crippen molar-refractivity contribution in [1.82, 2.24) is 10.2 Å². The molecule has 2 amide bonds. The van der Waals surface area contributed by atoms with Gasteiger partial charge in [-0.25, -0.2) is 0 Å². The van der Waals surface area contributed by atoms with Gasteiger partial charge in [0.2, 0.25) is 11.8 Å². The first kappa shape index (κ1) is 24.5. The van der Waals surface area contributed by atoms with E-state index in [9.17, 15) is 9.59 Å². The number of benzene rings is 2. The molecule has 0 aliphatic heterocycles. The van der Waals surface area contributed by atoms with Crippen molar-refractivity contribution < 1.29 is 9.59 Å². The van der Waals surface area contributed by atoms with Crippen molar-refractivity contribution in [3.63, 3.8) is 0 Å². The Morgan fingerprint density at radius 2 is 1.67 bits per heavy atom. The molecule has 162 valence electrons. The van der Waals surface area contributed by atoms with E-state index >= 15 is 0 Å². The first-order valence-corrected chi connectivity index (χ1v) is 11.1. The van der Waals surface area contributed by atoms with E-state index in [1.165, 1.54) is 0 Å². The zero-order chi connectivity index (χ0) is 22.3. The maximum Gasteiger partial charge on any atom is 0.242 e. The number of hydrogen-bond donors (Lipinski definition) is 1. The fraction of sp³-hybridized carbons (Fsp3) is 0.391. The van der Waals surface area contributed by atoms with Gasteiger partial charge in [0.15, 0.2) is 0 Å². The van der Waals surface area contributed by atoms with Gasteiger partial charge in [-0.05, 0) is 48.6 Å². The third-order valence-electron chi connectivity index (χ3n) is 4.77. The predicted octanol–water partition coefficient (Wildman–Crippen LogP) is 5.77. The van der Waals surface area contributed by atoms with Gasteiger partial charge < -0.3 is 10.2 Å². The summed E-state index contributed by atoms with van der Waals surface area (Å²) < 4.78 is 0. The van der Waals surface area contributed by atoms with E-state index in [1.807, 2.05) is 32.0 Å². The highest BCUT2D eigenvalue weighted by molar-refractivity contribution is 6.35. The molecule has 30 heavy (non-hydrogen) atoms. The molecule has 0 aliphatic carbocycles. The van der Waals surface area contributed by atoms with Crippen LogP contribution >= 0.6 is 34.8 Å². The van der Waals surface area contributed by atoms with Crippen LogP contribution in [0.1, 0.15) is 38.3 Å². The monoisotopic (exact) mass is 468 g/mol. The minimum Gasteiger partial charge on any atom is -0.354 e. The molecular weight excluding hydrogens is 443 g/mol. The van der Waals surface area contributed by atoms with Crippen molar-refractivity contribution in [2.45, 2.75) is 46.2 Å². The van der Waals surface area contributed by atoms with Crippen molar-refractivity contribution in [3.05, 3.63) is 68.7 Å². The molecular formula is C23H27Cl3N2O2. The van der Waals surface area contributed by atoms with Crippen LogP contribution in [0.25, 0.3) is 0 Å². The molecule has 0 saturated carbocycles. The molecule has 4 nitrogen and oxygen atoms in total. The normalized spacial score (nSPS) is 12.0. The quantitative estimate of drug-likeness (QED) is 0.507. The number of aryl methyl sites for hydroxylation is 1. The second-order valence-corrected chi connectivity index (χ2v) is 8.91. The maximum absolute atomic E-state index is 13.1. The number of carbonyl (C=O) groups excluding carboxylic acids is 2. The van der Waals surface area contributed by atoms with Gasteiger partial charge in [-0.2, -0.15) is 0 Å². The summed E-state index contributed by atoms with van der Waals surface area (Å²) in [7, 11) is 0. The number of nitrogens with zero attached hydrogens (tertiary/aromatic N) is 1. The summed E-state index contributed by atoms with van der Waals surface area (Å²) in [6.45, 7) is 6.53. The number of halogens is 3. The van der Waals surface area contributed by atoms with E-state index in [1.54, 1.807) is 36.1 Å². The Kier molecular flexibility index (Phi) is 9.47. The van der Waals surface area contributed by atoms with Crippen LogP contribution in [-0.2, 0) is 22.6 Å². The molecule has 1 atom stereocenters. The summed E-state index contributed by atoms with van der Waals surface area (Å²) in [5, 5.41) is 4.50. The number of carbonyl (C=O) groups is 2. The lowest BCUT2D eigenvalue weighted by atomic mass is 10.1. The summed E-state index contributed by atoms with van der Waals surface area (Å²) in [5.41, 5.74) is 1.63. The molecule has 0 aliphatic rings. The molecule has 2 rings (SSSR count). The lowest BCUT2D eigenvalue weighted by Crippen LogP contribution is -2.48. The van der Waals surface area contributed by atoms with Gasteiger partial charge in [-0.3, -0.25) is 9.59 Å². The molecule has 2 aromatic carbocycles. The summed E-state index contributed by atoms with van der Waals surface area (Å²) in [6, 6.07) is 11.9. The maximum atomic E-state index is 13.1. The van der Waals surface area contributed by atoms with Gasteiger partial charge in [-0.15, -0.1) is 0 Å². The van der Waals surface area contributed by atoms with Crippen LogP contribution in [0.4, 0.5) is 0 Å². The van der Waals surface area contributed by atoms with Crippen molar-refractivity contribution >= 4 is 46.6 Å². The second-order valence-electron chi connectivity index (χ2n) is 7.66. The molecule has 0 spiro atoms. The van der Waals surface area contributed by atoms with Gasteiger partial charge in [-0.1, -0.05) is 72.9 Å². The van der Waals surface area contributed by atoms with Gasteiger partial charge in [0.05, 0.1) is 0 Å². The smallest absolute Gasteiger partial charge is 0.242 e. The summed E-state index contributed by atoms with van der Waals surface area (Å²) in [6.07, 6.45) is 0.723. The highest BCUT2D eigenvalue weighted by Crippen LogP contribution is 2.24. The van der Waals surface area contributed by atoms with Crippen LogP contribution in [-0.4, -0.2) is 29.3 Å². The summed E-state index contributed by atoms with van der Waals surface area (Å²) >= 11 is 18.5. The average Bonchev–Trinajstić information content (AvgIpc) is 2.70. The Morgan fingerprint density at radius 1 is 0.967 bits per heavy atom. The molecule has 7 heteroatoms. The number of rotatable bonds is 9. The predicted molar refractivity (Wildman–Crippen MR) is 124 cm³/mol. The SMILES string of the molecule is CC(C)CNC(=O)[C@H](C)N(Cc1ccc(Cl)cc1Cl)C(=O)CCc1ccccc1Cl. The average molecular weight is 470 g/mol. The third kappa shape index (κ3) is 7.19. The van der Waals surface area contributed by atoms with E-state index in [0.717, 1.165) is 11.1 Å². The molecule has 0 saturated heterocycles. The van der Waals surface area contributed by atoms with E-state index in [-0.39, 0.29) is 24.8 Å². The van der Waals surface area contributed by atoms with Gasteiger partial charge in [0.25, 0.3) is 0 Å². The Balaban J connectivity index is 2.19. The minimum atomic E-state index is -0.644. The highest BCUT2D eigenvalue weighted by Gasteiger charge is 2.26. The van der Waals surface area contributed by atoms with Crippen LogP contribution < -0.4 is 5.32 Å². The van der Waals surface area contributed by atoms with Gasteiger partial charge in [0, 0.05) is 34.6 Å². The van der Waals surface area contributed by atoms with Crippen molar-refractivity contribution in [2.24, 2.45) is 5.92 Å². The highest BCUT2D eigenvalue weighted by atomic mass is 35.5. The number of hydrogen-bond acceptors (Lipinski definition) is 2. The van der Waals surface area contributed by atoms with Crippen LogP contribution in [0.2, 0.25) is 15.1 Å². The lowest BCUT2D eigenvalue weighted by Gasteiger charge is -2.29. The summed E-state index contributed by atoms with van der Waals surface area (Å²) in [4.78, 5) is 27.4. The van der Waals surface area contributed by atoms with E-state index in [2.05, 4.69) is 5.32 Å². The van der Waals surface area contributed by atoms with Crippen molar-refractivity contribution in [2.75, 3.05) is 6.54 Å². The minimum absolute atomic E-state index is 0.145. The number of amides is 2. The van der Waals surface area contributed by atoms with Crippen LogP contribution in [0.5, 0.6) is 0 Å². The van der Waals surface area contributed by atoms with Gasteiger partial charge >= 0.3 is 0 Å². The molecule has 0 bridgehead atoms. The molecule has 0 unspecified atom stereocenters. The Labute approximate surface area is 193 Å². The van der Waals surface area contributed by atoms with E-state index in [0.29, 0.717) is 34.0 Å². The van der Waals surface area contributed by atoms with E-state index < -0.39 is 6.04 Å². The van der Waals surface area contributed by atoms with E-state index in [4.69, 9.17) is 34.8 Å². The van der Waals surface area contributed by atoms with Crippen molar-refractivity contribution in [1.29, 1.82) is 0 Å². The largest absolute Gasteiger partial charge is 0.354 e. The number of nitrogens with one attached hydrogen (secondary N) is 1. The first-order chi connectivity index (χ1) is 14.2. The molecule has 1 N–H and O–H groups in total. The molecule has 2 aromatic rings. The first-order valence-electron chi connectivity index (χ1n) is 9.93. The zero-order valence-corrected chi connectivity index (χ0v) is 19.7. The third-order valence-corrected chi connectivity index (χ3v) is 5.73. The van der Waals surface area contributed by atoms with Crippen LogP contribution in [0.15, 0.2) is 42.5 Å². The topological polar surface area (TPSA) is 49.4 Å². The molecule has 0 fully saturated rings. The fourth-order valence-corrected chi connectivity index (χ4v) is 3.65. The fourth-order valence-electron chi connectivity index (χ4n) is 2.95. The van der Waals surface area contributed by atoms with Crippen molar-refractivity contribution in [3.8, 4) is 0 Å². The molecule has 0 heterocycles. The van der Waals surface area contributed by atoms with Gasteiger partial charge in [0.1, 0.15) is 6.04 Å². The zero-order valence-electron chi connectivity index (χ0n) is 17.4. The Hall–Kier alpha value is -1.75. The summed E-state index contributed by atoms with van der Waals surface area (Å²) in [5.74, 6) is -0.0238. The standard InChI is InChI=1S/C23H27Cl3N2O2/c1-15(2)13-27-23(30)16(3)28(14-18-8-10-19(24)12-21(18)26)22(29)11-9-17-6-4-5-7-20(17)25/h4-8,10,12,15-16H,9,11,13-14H2,1-3H3,(H,27,30)/t16-/m0/s1. The molecule has 0 aromatic heterocycles. The lowest BCUT2D eigenvalue weighted by molar-refractivity contribution is -0.140. The van der Waals surface area contributed by atoms with Crippen LogP contribution in [0.3, 0.4) is 0 Å². The Morgan fingerprint density at radius 3 is 2.30 bits per heavy atom. The van der Waals surface area contributed by atoms with Crippen LogP contribution in [0, 0.1) is 5.92 Å². The second kappa shape index (κ2) is 11.6. The molecule has 0 radical (unpaired) electrons.